The number of hydrogen-bond acceptors (Lipinski definition) is 4. The minimum Gasteiger partial charge on any atom is -0.392 e. The Morgan fingerprint density at radius 1 is 1.38 bits per heavy atom. The summed E-state index contributed by atoms with van der Waals surface area (Å²) in [7, 11) is 0. The van der Waals surface area contributed by atoms with Gasteiger partial charge in [-0.15, -0.1) is 0 Å². The van der Waals surface area contributed by atoms with E-state index in [1.807, 2.05) is 30.3 Å². The van der Waals surface area contributed by atoms with Crippen LogP contribution in [-0.2, 0) is 11.3 Å². The molecule has 4 heteroatoms. The summed E-state index contributed by atoms with van der Waals surface area (Å²) in [5.41, 5.74) is 1.62. The van der Waals surface area contributed by atoms with Crippen molar-refractivity contribution in [3.05, 3.63) is 35.9 Å². The highest BCUT2D eigenvalue weighted by atomic mass is 16.5. The zero-order chi connectivity index (χ0) is 15.0. The normalized spacial score (nSPS) is 21.7. The molecule has 0 bridgehead atoms. The lowest BCUT2D eigenvalue weighted by Crippen LogP contribution is -2.52. The maximum atomic E-state index is 9.71. The van der Waals surface area contributed by atoms with Crippen molar-refractivity contribution in [2.45, 2.75) is 39.1 Å². The van der Waals surface area contributed by atoms with Gasteiger partial charge in [-0.2, -0.15) is 0 Å². The van der Waals surface area contributed by atoms with Crippen LogP contribution < -0.4 is 4.90 Å². The third-order valence-electron chi connectivity index (χ3n) is 3.82. The first-order chi connectivity index (χ1) is 9.98. The van der Waals surface area contributed by atoms with Crippen molar-refractivity contribution in [2.75, 3.05) is 18.0 Å². The Kier molecular flexibility index (Phi) is 3.59. The molecule has 1 atom stereocenters. The quantitative estimate of drug-likeness (QED) is 0.922. The van der Waals surface area contributed by atoms with Gasteiger partial charge in [-0.3, -0.25) is 0 Å². The van der Waals surface area contributed by atoms with E-state index in [0.29, 0.717) is 0 Å². The van der Waals surface area contributed by atoms with E-state index in [1.54, 1.807) is 0 Å². The van der Waals surface area contributed by atoms with Gasteiger partial charge in [0, 0.05) is 24.0 Å². The molecule has 1 unspecified atom stereocenters. The second-order valence-electron chi connectivity index (χ2n) is 6.39. The van der Waals surface area contributed by atoms with Crippen molar-refractivity contribution in [1.82, 2.24) is 4.98 Å². The number of aliphatic hydroxyl groups is 1. The molecule has 1 aliphatic heterocycles. The summed E-state index contributed by atoms with van der Waals surface area (Å²) >= 11 is 0. The molecule has 1 N–H and O–H groups in total. The van der Waals surface area contributed by atoms with E-state index in [1.165, 1.54) is 0 Å². The minimum atomic E-state index is -0.211. The van der Waals surface area contributed by atoms with E-state index in [9.17, 15) is 5.11 Å². The molecule has 2 heterocycles. The lowest BCUT2D eigenvalue weighted by molar-refractivity contribution is -0.0752. The maximum Gasteiger partial charge on any atom is 0.135 e. The Morgan fingerprint density at radius 3 is 2.86 bits per heavy atom. The van der Waals surface area contributed by atoms with E-state index in [0.717, 1.165) is 35.4 Å². The number of fused-ring (bicyclic) bond motifs is 1. The van der Waals surface area contributed by atoms with Gasteiger partial charge in [-0.25, -0.2) is 4.98 Å². The van der Waals surface area contributed by atoms with Crippen LogP contribution in [0.5, 0.6) is 0 Å². The van der Waals surface area contributed by atoms with Crippen molar-refractivity contribution in [3.63, 3.8) is 0 Å². The van der Waals surface area contributed by atoms with Crippen LogP contribution in [0.1, 0.15) is 26.3 Å². The molecule has 4 nitrogen and oxygen atoms in total. The molecule has 112 valence electrons. The Bertz CT molecular complexity index is 654. The molecule has 1 aromatic carbocycles. The van der Waals surface area contributed by atoms with E-state index in [4.69, 9.17) is 9.72 Å². The van der Waals surface area contributed by atoms with Gasteiger partial charge >= 0.3 is 0 Å². The van der Waals surface area contributed by atoms with Crippen molar-refractivity contribution in [2.24, 2.45) is 0 Å². The number of rotatable bonds is 2. The topological polar surface area (TPSA) is 45.6 Å². The average Bonchev–Trinajstić information content (AvgIpc) is 2.43. The Hall–Kier alpha value is -1.65. The smallest absolute Gasteiger partial charge is 0.135 e. The third-order valence-corrected chi connectivity index (χ3v) is 3.82. The number of morpholine rings is 1. The number of aliphatic hydroxyl groups excluding tert-OH is 1. The summed E-state index contributed by atoms with van der Waals surface area (Å²) in [6.45, 7) is 7.83. The van der Waals surface area contributed by atoms with E-state index < -0.39 is 0 Å². The van der Waals surface area contributed by atoms with Crippen LogP contribution in [0.4, 0.5) is 5.82 Å². The number of hydrogen-bond donors (Lipinski definition) is 1. The first-order valence-electron chi connectivity index (χ1n) is 7.41. The summed E-state index contributed by atoms with van der Waals surface area (Å²) < 4.78 is 5.95. The highest BCUT2D eigenvalue weighted by Crippen LogP contribution is 2.29. The number of para-hydroxylation sites is 1. The van der Waals surface area contributed by atoms with Gasteiger partial charge in [0.25, 0.3) is 0 Å². The van der Waals surface area contributed by atoms with Crippen molar-refractivity contribution >= 4 is 16.7 Å². The van der Waals surface area contributed by atoms with Crippen LogP contribution in [0.15, 0.2) is 30.3 Å². The van der Waals surface area contributed by atoms with E-state index >= 15 is 0 Å². The summed E-state index contributed by atoms with van der Waals surface area (Å²) in [5, 5.41) is 10.8. The zero-order valence-electron chi connectivity index (χ0n) is 12.8. The number of nitrogens with zero attached hydrogens (tertiary/aromatic N) is 2. The predicted molar refractivity (Wildman–Crippen MR) is 84.5 cm³/mol. The van der Waals surface area contributed by atoms with E-state index in [-0.39, 0.29) is 18.3 Å². The molecular formula is C17H22N2O2. The lowest BCUT2D eigenvalue weighted by Gasteiger charge is -2.42. The number of pyridine rings is 1. The highest BCUT2D eigenvalue weighted by Gasteiger charge is 2.32. The van der Waals surface area contributed by atoms with Crippen molar-refractivity contribution in [3.8, 4) is 0 Å². The number of ether oxygens (including phenoxy) is 1. The molecule has 1 aliphatic rings. The molecule has 1 saturated heterocycles. The fourth-order valence-electron chi connectivity index (χ4n) is 3.15. The average molecular weight is 286 g/mol. The molecule has 1 aromatic heterocycles. The summed E-state index contributed by atoms with van der Waals surface area (Å²) in [6.07, 6.45) is 0.147. The molecule has 0 saturated carbocycles. The van der Waals surface area contributed by atoms with Crippen LogP contribution in [-0.4, -0.2) is 34.9 Å². The summed E-state index contributed by atoms with van der Waals surface area (Å²) in [5.74, 6) is 0.874. The Labute approximate surface area is 125 Å². The molecular weight excluding hydrogens is 264 g/mol. The number of anilines is 1. The molecule has 0 spiro atoms. The van der Waals surface area contributed by atoms with Gasteiger partial charge in [0.1, 0.15) is 5.82 Å². The molecule has 0 aliphatic carbocycles. The van der Waals surface area contributed by atoms with E-state index in [2.05, 4.69) is 25.7 Å². The first kappa shape index (κ1) is 14.3. The molecule has 0 amide bonds. The fourth-order valence-corrected chi connectivity index (χ4v) is 3.15. The van der Waals surface area contributed by atoms with Gasteiger partial charge < -0.3 is 14.7 Å². The third kappa shape index (κ3) is 2.87. The van der Waals surface area contributed by atoms with Crippen molar-refractivity contribution < 1.29 is 9.84 Å². The minimum absolute atomic E-state index is 0.000660. The van der Waals surface area contributed by atoms with Crippen LogP contribution in [0.3, 0.4) is 0 Å². The fraction of sp³-hybridized carbons (Fsp3) is 0.471. The van der Waals surface area contributed by atoms with Crippen LogP contribution in [0.2, 0.25) is 0 Å². The second kappa shape index (κ2) is 5.28. The maximum absolute atomic E-state index is 9.71. The lowest BCUT2D eigenvalue weighted by atomic mass is 10.0. The van der Waals surface area contributed by atoms with Crippen LogP contribution >= 0.6 is 0 Å². The van der Waals surface area contributed by atoms with Crippen molar-refractivity contribution in [1.29, 1.82) is 0 Å². The number of aromatic nitrogens is 1. The standard InChI is InChI=1S/C17H22N2O2/c1-12-9-19(11-17(2,3)21-12)16-14(10-20)8-13-6-4-5-7-15(13)18-16/h4-8,12,20H,9-11H2,1-3H3. The zero-order valence-corrected chi connectivity index (χ0v) is 12.8. The number of benzene rings is 1. The second-order valence-corrected chi connectivity index (χ2v) is 6.39. The first-order valence-corrected chi connectivity index (χ1v) is 7.41. The highest BCUT2D eigenvalue weighted by molar-refractivity contribution is 5.81. The Morgan fingerprint density at radius 2 is 2.14 bits per heavy atom. The molecule has 21 heavy (non-hydrogen) atoms. The monoisotopic (exact) mass is 286 g/mol. The Balaban J connectivity index is 2.06. The molecule has 0 radical (unpaired) electrons. The van der Waals surface area contributed by atoms with Gasteiger partial charge in [0.05, 0.1) is 23.8 Å². The van der Waals surface area contributed by atoms with Gasteiger partial charge in [-0.1, -0.05) is 18.2 Å². The summed E-state index contributed by atoms with van der Waals surface area (Å²) in [6, 6.07) is 10.0. The SMILES string of the molecule is CC1CN(c2nc3ccccc3cc2CO)CC(C)(C)O1. The van der Waals surface area contributed by atoms with Gasteiger partial charge in [0.2, 0.25) is 0 Å². The largest absolute Gasteiger partial charge is 0.392 e. The molecule has 2 aromatic rings. The molecule has 1 fully saturated rings. The molecule has 3 rings (SSSR count). The van der Waals surface area contributed by atoms with Gasteiger partial charge in [-0.05, 0) is 32.9 Å². The predicted octanol–water partition coefficient (Wildman–Crippen LogP) is 2.73. The van der Waals surface area contributed by atoms with Gasteiger partial charge in [0.15, 0.2) is 0 Å². The van der Waals surface area contributed by atoms with Crippen LogP contribution in [0.25, 0.3) is 10.9 Å². The summed E-state index contributed by atoms with van der Waals surface area (Å²) in [4.78, 5) is 7.01. The van der Waals surface area contributed by atoms with Crippen LogP contribution in [0, 0.1) is 0 Å².